The molecule has 0 aromatic rings. The molecule has 1 unspecified atom stereocenters. The third-order valence-electron chi connectivity index (χ3n) is 3.99. The highest BCUT2D eigenvalue weighted by molar-refractivity contribution is 5.66. The first-order valence-corrected chi connectivity index (χ1v) is 10.3. The van der Waals surface area contributed by atoms with Crippen LogP contribution in [0, 0.1) is 0 Å². The predicted octanol–water partition coefficient (Wildman–Crippen LogP) is 5.43. The summed E-state index contributed by atoms with van der Waals surface area (Å²) in [5.74, 6) is -0.664. The molecule has 4 nitrogen and oxygen atoms in total. The summed E-state index contributed by atoms with van der Waals surface area (Å²) >= 11 is 0. The molecule has 0 fully saturated rings. The molecule has 0 aliphatic carbocycles. The van der Waals surface area contributed by atoms with Crippen LogP contribution < -0.4 is 5.73 Å². The van der Waals surface area contributed by atoms with Gasteiger partial charge in [0, 0.05) is 13.0 Å². The lowest BCUT2D eigenvalue weighted by Crippen LogP contribution is -2.14. The average molecular weight is 358 g/mol. The number of allylic oxidation sites excluding steroid dienone is 2. The maximum absolute atomic E-state index is 10.3. The highest BCUT2D eigenvalue weighted by Gasteiger charge is 1.95. The zero-order chi connectivity index (χ0) is 19.2. The number of nitrogens with two attached hydrogens (primary N) is 1. The van der Waals surface area contributed by atoms with Crippen LogP contribution in [0.4, 0.5) is 0 Å². The molecule has 0 radical (unpaired) electrons. The van der Waals surface area contributed by atoms with Crippen molar-refractivity contribution < 1.29 is 15.0 Å². The third-order valence-corrected chi connectivity index (χ3v) is 3.99. The second kappa shape index (κ2) is 23.1. The molecule has 4 N–H and O–H groups in total. The third kappa shape index (κ3) is 31.4. The number of unbranched alkanes of at least 4 members (excludes halogenated alkanes) is 11. The number of aliphatic hydroxyl groups excluding tert-OH is 1. The van der Waals surface area contributed by atoms with Crippen molar-refractivity contribution >= 4 is 5.97 Å². The van der Waals surface area contributed by atoms with E-state index >= 15 is 0 Å². The minimum Gasteiger partial charge on any atom is -0.481 e. The van der Waals surface area contributed by atoms with E-state index in [9.17, 15) is 4.79 Å². The summed E-state index contributed by atoms with van der Waals surface area (Å²) in [5, 5.41) is 16.7. The monoisotopic (exact) mass is 357 g/mol. The minimum atomic E-state index is -0.664. The Kier molecular flexibility index (Phi) is 24.4. The molecule has 0 aromatic carbocycles. The first-order chi connectivity index (χ1) is 12.0. The van der Waals surface area contributed by atoms with Gasteiger partial charge < -0.3 is 15.9 Å². The molecule has 0 bridgehead atoms. The number of carboxylic acid groups (broad SMARTS) is 1. The summed E-state index contributed by atoms with van der Waals surface area (Å²) in [5.41, 5.74) is 4.92. The maximum Gasteiger partial charge on any atom is 0.303 e. The lowest BCUT2D eigenvalue weighted by Gasteiger charge is -1.99. The summed E-state index contributed by atoms with van der Waals surface area (Å²) in [6.07, 6.45) is 20.9. The normalized spacial score (nSPS) is 12.0. The Morgan fingerprint density at radius 1 is 0.880 bits per heavy atom. The van der Waals surface area contributed by atoms with Crippen molar-refractivity contribution in [3.63, 3.8) is 0 Å². The molecule has 25 heavy (non-hydrogen) atoms. The molecule has 0 heterocycles. The van der Waals surface area contributed by atoms with Crippen LogP contribution in [0.3, 0.4) is 0 Å². The van der Waals surface area contributed by atoms with Gasteiger partial charge in [0.2, 0.25) is 0 Å². The maximum atomic E-state index is 10.3. The Balaban J connectivity index is 0. The molecular weight excluding hydrogens is 314 g/mol. The molecule has 0 aromatic heterocycles. The quantitative estimate of drug-likeness (QED) is 0.254. The number of aliphatic carboxylic acids is 1. The highest BCUT2D eigenvalue weighted by Crippen LogP contribution is 2.09. The first-order valence-electron chi connectivity index (χ1n) is 10.3. The number of carboxylic acids is 1. The molecule has 0 amide bonds. The number of rotatable bonds is 16. The van der Waals surface area contributed by atoms with Gasteiger partial charge in [-0.25, -0.2) is 0 Å². The van der Waals surface area contributed by atoms with Crippen LogP contribution in [0.5, 0.6) is 0 Å². The fourth-order valence-corrected chi connectivity index (χ4v) is 2.35. The standard InChI is InChI=1S/C18H34O2.C3H9NO/c1-2-3-4-5-6-7-8-9-10-11-12-13-14-15-16-17-18(19)20;1-3(5)2-4/h9-10H,2-8,11-17H2,1H3,(H,19,20);3,5H,2,4H2,1H3/b10-9-;. The molecule has 0 aliphatic heterocycles. The number of aliphatic hydroxyl groups is 1. The van der Waals surface area contributed by atoms with Gasteiger partial charge in [0.05, 0.1) is 6.10 Å². The van der Waals surface area contributed by atoms with Gasteiger partial charge >= 0.3 is 5.97 Å². The van der Waals surface area contributed by atoms with E-state index in [4.69, 9.17) is 15.9 Å². The van der Waals surface area contributed by atoms with Crippen LogP contribution in [0.25, 0.3) is 0 Å². The highest BCUT2D eigenvalue weighted by atomic mass is 16.4. The van der Waals surface area contributed by atoms with Gasteiger partial charge in [-0.3, -0.25) is 4.79 Å². The van der Waals surface area contributed by atoms with Crippen LogP contribution in [0.15, 0.2) is 12.2 Å². The van der Waals surface area contributed by atoms with E-state index in [1.165, 1.54) is 70.6 Å². The van der Waals surface area contributed by atoms with Crippen LogP contribution >= 0.6 is 0 Å². The van der Waals surface area contributed by atoms with Crippen molar-refractivity contribution in [2.45, 2.75) is 110 Å². The van der Waals surface area contributed by atoms with Crippen molar-refractivity contribution in [2.24, 2.45) is 5.73 Å². The molecule has 0 saturated heterocycles. The van der Waals surface area contributed by atoms with Gasteiger partial charge in [-0.15, -0.1) is 0 Å². The summed E-state index contributed by atoms with van der Waals surface area (Å²) in [7, 11) is 0. The summed E-state index contributed by atoms with van der Waals surface area (Å²) in [6.45, 7) is 4.27. The first kappa shape index (κ1) is 26.4. The Hall–Kier alpha value is -0.870. The van der Waals surface area contributed by atoms with Gasteiger partial charge in [0.1, 0.15) is 0 Å². The Morgan fingerprint density at radius 2 is 1.28 bits per heavy atom. The van der Waals surface area contributed by atoms with E-state index in [1.807, 2.05) is 0 Å². The van der Waals surface area contributed by atoms with E-state index in [0.717, 1.165) is 12.8 Å². The van der Waals surface area contributed by atoms with Gasteiger partial charge in [0.15, 0.2) is 0 Å². The average Bonchev–Trinajstić information content (AvgIpc) is 2.58. The predicted molar refractivity (Wildman–Crippen MR) is 108 cm³/mol. The van der Waals surface area contributed by atoms with E-state index in [-0.39, 0.29) is 6.10 Å². The van der Waals surface area contributed by atoms with Crippen LogP contribution in [-0.2, 0) is 4.79 Å². The van der Waals surface area contributed by atoms with Gasteiger partial charge in [0.25, 0.3) is 0 Å². The molecule has 0 rings (SSSR count). The zero-order valence-electron chi connectivity index (χ0n) is 16.7. The van der Waals surface area contributed by atoms with Gasteiger partial charge in [-0.1, -0.05) is 70.4 Å². The van der Waals surface area contributed by atoms with E-state index < -0.39 is 5.97 Å². The fraction of sp³-hybridized carbons (Fsp3) is 0.857. The van der Waals surface area contributed by atoms with Crippen molar-refractivity contribution in [3.05, 3.63) is 12.2 Å². The fourth-order valence-electron chi connectivity index (χ4n) is 2.35. The lowest BCUT2D eigenvalue weighted by atomic mass is 10.1. The molecule has 4 heteroatoms. The number of hydrogen-bond acceptors (Lipinski definition) is 3. The molecule has 0 saturated carbocycles. The van der Waals surface area contributed by atoms with Gasteiger partial charge in [-0.05, 0) is 39.0 Å². The number of carbonyl (C=O) groups is 1. The smallest absolute Gasteiger partial charge is 0.303 e. The largest absolute Gasteiger partial charge is 0.481 e. The molecular formula is C21H43NO3. The SMILES string of the molecule is CC(O)CN.CCCCCCCC/C=C\CCCCCCCC(=O)O. The topological polar surface area (TPSA) is 83.5 Å². The van der Waals surface area contributed by atoms with E-state index in [2.05, 4.69) is 19.1 Å². The van der Waals surface area contributed by atoms with E-state index in [1.54, 1.807) is 6.92 Å². The van der Waals surface area contributed by atoms with Gasteiger partial charge in [-0.2, -0.15) is 0 Å². The Bertz CT molecular complexity index is 291. The minimum absolute atomic E-state index is 0.332. The molecule has 0 spiro atoms. The Morgan fingerprint density at radius 3 is 1.68 bits per heavy atom. The van der Waals surface area contributed by atoms with Crippen molar-refractivity contribution in [3.8, 4) is 0 Å². The van der Waals surface area contributed by atoms with Crippen LogP contribution in [0.2, 0.25) is 0 Å². The van der Waals surface area contributed by atoms with Crippen molar-refractivity contribution in [1.82, 2.24) is 0 Å². The summed E-state index contributed by atoms with van der Waals surface area (Å²) in [6, 6.07) is 0. The zero-order valence-corrected chi connectivity index (χ0v) is 16.7. The van der Waals surface area contributed by atoms with Crippen molar-refractivity contribution in [2.75, 3.05) is 6.54 Å². The lowest BCUT2D eigenvalue weighted by molar-refractivity contribution is -0.137. The molecule has 1 atom stereocenters. The second-order valence-electron chi connectivity index (χ2n) is 6.81. The van der Waals surface area contributed by atoms with Crippen molar-refractivity contribution in [1.29, 1.82) is 0 Å². The molecule has 0 aliphatic rings. The molecule has 150 valence electrons. The summed E-state index contributed by atoms with van der Waals surface area (Å²) in [4.78, 5) is 10.3. The van der Waals surface area contributed by atoms with Crippen LogP contribution in [-0.4, -0.2) is 28.8 Å². The Labute approximate surface area is 155 Å². The number of hydrogen-bond donors (Lipinski definition) is 3. The van der Waals surface area contributed by atoms with E-state index in [0.29, 0.717) is 13.0 Å². The summed E-state index contributed by atoms with van der Waals surface area (Å²) < 4.78 is 0. The van der Waals surface area contributed by atoms with Crippen LogP contribution in [0.1, 0.15) is 104 Å². The second-order valence-corrected chi connectivity index (χ2v) is 6.81.